The van der Waals surface area contributed by atoms with E-state index in [0.29, 0.717) is 28.4 Å². The minimum absolute atomic E-state index is 0.0772. The number of methoxy groups -OCH3 is 3. The van der Waals surface area contributed by atoms with Gasteiger partial charge in [-0.3, -0.25) is 0 Å². The van der Waals surface area contributed by atoms with Crippen LogP contribution in [-0.2, 0) is 44.2 Å². The molecule has 4 aromatic carbocycles. The first-order valence-electron chi connectivity index (χ1n) is 21.2. The summed E-state index contributed by atoms with van der Waals surface area (Å²) in [4.78, 5) is 30.9. The predicted molar refractivity (Wildman–Crippen MR) is 248 cm³/mol. The van der Waals surface area contributed by atoms with E-state index in [4.69, 9.17) is 24.0 Å². The van der Waals surface area contributed by atoms with Crippen molar-refractivity contribution >= 4 is 37.6 Å². The summed E-state index contributed by atoms with van der Waals surface area (Å²) in [5.41, 5.74) is 0.912. The molecule has 0 atom stereocenters. The van der Waals surface area contributed by atoms with Gasteiger partial charge < -0.3 is 33.4 Å². The van der Waals surface area contributed by atoms with E-state index in [2.05, 4.69) is 15.3 Å². The SMILES string of the molecule is COc1ccc(CN(Cc2ccc(OC)cc2)S(=O)(=O)c2c(S(=O)(=O)C3CN(C(=O)OC(C)(C)C)C3)ccc(-c3cccn4cc(C(=O)O)nc34)c2-c2nnn(Cc3ccc(OC)cc3)n2)cc1. The van der Waals surface area contributed by atoms with Gasteiger partial charge in [-0.05, 0) is 103 Å². The number of rotatable bonds is 16. The molecule has 1 aliphatic rings. The van der Waals surface area contributed by atoms with Gasteiger partial charge in [-0.2, -0.15) is 9.10 Å². The highest BCUT2D eigenvalue weighted by atomic mass is 32.2. The summed E-state index contributed by atoms with van der Waals surface area (Å²) in [7, 11) is -5.08. The maximum absolute atomic E-state index is 16.1. The average molecular weight is 965 g/mol. The molecular weight excluding hydrogens is 917 g/mol. The maximum Gasteiger partial charge on any atom is 0.410 e. The standard InChI is InChI=1S/C47H48N8O11S2/c1-47(2,3)66-46(58)53-27-36(28-53)67(59,60)40-22-21-37(38-8-7-23-52-29-39(45(56)57)48-44(38)52)41(43-49-51-55(50-43)26-32-13-19-35(65-6)20-14-32)42(40)68(61,62)54(24-30-9-15-33(63-4)16-10-30)25-31-11-17-34(64-5)18-12-31/h7-23,29,36H,24-28H2,1-6H3,(H,56,57). The Morgan fingerprint density at radius 1 is 0.765 bits per heavy atom. The van der Waals surface area contributed by atoms with Crippen LogP contribution < -0.4 is 14.2 Å². The molecule has 21 heteroatoms. The number of sulfone groups is 1. The number of pyridine rings is 1. The second-order valence-corrected chi connectivity index (χ2v) is 21.0. The number of carboxylic acid groups (broad SMARTS) is 1. The molecule has 1 saturated heterocycles. The molecule has 0 aliphatic carbocycles. The van der Waals surface area contributed by atoms with Crippen LogP contribution in [0.25, 0.3) is 28.2 Å². The van der Waals surface area contributed by atoms with Crippen LogP contribution in [0, 0.1) is 0 Å². The van der Waals surface area contributed by atoms with Crippen LogP contribution in [0.3, 0.4) is 0 Å². The first kappa shape index (κ1) is 47.1. The number of carboxylic acids is 1. The number of likely N-dealkylation sites (tertiary alicyclic amines) is 1. The van der Waals surface area contributed by atoms with Crippen LogP contribution in [0.5, 0.6) is 17.2 Å². The van der Waals surface area contributed by atoms with Gasteiger partial charge in [-0.1, -0.05) is 42.5 Å². The summed E-state index contributed by atoms with van der Waals surface area (Å²) >= 11 is 0. The highest BCUT2D eigenvalue weighted by Gasteiger charge is 2.46. The van der Waals surface area contributed by atoms with Crippen molar-refractivity contribution in [2.75, 3.05) is 34.4 Å². The number of amides is 1. The monoisotopic (exact) mass is 964 g/mol. The second kappa shape index (κ2) is 18.7. The van der Waals surface area contributed by atoms with E-state index in [0.717, 1.165) is 9.87 Å². The van der Waals surface area contributed by atoms with Gasteiger partial charge in [-0.25, -0.2) is 31.4 Å². The molecule has 68 heavy (non-hydrogen) atoms. The van der Waals surface area contributed by atoms with Crippen LogP contribution >= 0.6 is 0 Å². The minimum atomic E-state index is -5.01. The summed E-state index contributed by atoms with van der Waals surface area (Å²) in [5, 5.41) is 22.1. The van der Waals surface area contributed by atoms with Gasteiger partial charge in [0.1, 0.15) is 38.6 Å². The third-order valence-electron chi connectivity index (χ3n) is 11.2. The maximum atomic E-state index is 16.1. The molecule has 1 amide bonds. The predicted octanol–water partition coefficient (Wildman–Crippen LogP) is 6.21. The number of hydrogen-bond donors (Lipinski definition) is 1. The number of ether oxygens (including phenoxy) is 4. The Morgan fingerprint density at radius 3 is 1.85 bits per heavy atom. The Labute approximate surface area is 392 Å². The molecule has 19 nitrogen and oxygen atoms in total. The van der Waals surface area contributed by atoms with Gasteiger partial charge in [0.2, 0.25) is 15.8 Å². The molecule has 0 bridgehead atoms. The highest BCUT2D eigenvalue weighted by Crippen LogP contribution is 2.44. The van der Waals surface area contributed by atoms with Crippen molar-refractivity contribution < 1.29 is 50.5 Å². The minimum Gasteiger partial charge on any atom is -0.497 e. The first-order chi connectivity index (χ1) is 32.4. The zero-order valence-electron chi connectivity index (χ0n) is 37.9. The molecule has 0 spiro atoms. The van der Waals surface area contributed by atoms with Crippen LogP contribution in [-0.4, -0.2) is 118 Å². The summed E-state index contributed by atoms with van der Waals surface area (Å²) in [6.07, 6.45) is 2.17. The molecule has 3 aromatic heterocycles. The number of imidazole rings is 1. The van der Waals surface area contributed by atoms with Crippen LogP contribution in [0.1, 0.15) is 48.0 Å². The van der Waals surface area contributed by atoms with Gasteiger partial charge in [0.05, 0.1) is 38.3 Å². The molecule has 0 saturated carbocycles. The molecule has 7 aromatic rings. The van der Waals surface area contributed by atoms with E-state index in [1.807, 2.05) is 0 Å². The lowest BCUT2D eigenvalue weighted by Crippen LogP contribution is -2.57. The lowest BCUT2D eigenvalue weighted by molar-refractivity contribution is 0.0138. The third-order valence-corrected chi connectivity index (χ3v) is 15.3. The number of fused-ring (bicyclic) bond motifs is 1. The van der Waals surface area contributed by atoms with E-state index in [9.17, 15) is 14.7 Å². The zero-order valence-corrected chi connectivity index (χ0v) is 39.6. The quantitative estimate of drug-likeness (QED) is 0.114. The Bertz CT molecular complexity index is 3170. The Morgan fingerprint density at radius 2 is 1.32 bits per heavy atom. The van der Waals surface area contributed by atoms with Crippen molar-refractivity contribution in [2.24, 2.45) is 0 Å². The van der Waals surface area contributed by atoms with Crippen molar-refractivity contribution in [3.63, 3.8) is 0 Å². The number of sulfonamides is 1. The summed E-state index contributed by atoms with van der Waals surface area (Å²) in [6.45, 7) is 4.10. The number of nitrogens with zero attached hydrogens (tertiary/aromatic N) is 8. The lowest BCUT2D eigenvalue weighted by atomic mass is 10.00. The molecule has 0 radical (unpaired) electrons. The average Bonchev–Trinajstić information content (AvgIpc) is 3.96. The number of benzene rings is 4. The van der Waals surface area contributed by atoms with Crippen LogP contribution in [0.15, 0.2) is 119 Å². The number of carbonyl (C=O) groups is 2. The number of tetrazole rings is 1. The van der Waals surface area contributed by atoms with E-state index in [1.54, 1.807) is 119 Å². The Kier molecular flexibility index (Phi) is 13.0. The fourth-order valence-corrected chi connectivity index (χ4v) is 11.7. The van der Waals surface area contributed by atoms with Gasteiger partial charge in [-0.15, -0.1) is 10.2 Å². The third kappa shape index (κ3) is 9.71. The van der Waals surface area contributed by atoms with Crippen LogP contribution in [0.2, 0.25) is 0 Å². The summed E-state index contributed by atoms with van der Waals surface area (Å²) in [6, 6.07) is 26.5. The van der Waals surface area contributed by atoms with E-state index >= 15 is 16.8 Å². The molecule has 1 fully saturated rings. The van der Waals surface area contributed by atoms with E-state index in [-0.39, 0.29) is 66.6 Å². The largest absolute Gasteiger partial charge is 0.497 e. The van der Waals surface area contributed by atoms with E-state index in [1.165, 1.54) is 46.6 Å². The molecule has 8 rings (SSSR count). The first-order valence-corrected chi connectivity index (χ1v) is 24.1. The second-order valence-electron chi connectivity index (χ2n) is 16.9. The van der Waals surface area contributed by atoms with Crippen molar-refractivity contribution in [2.45, 2.75) is 61.0 Å². The number of carbonyl (C=O) groups excluding carboxylic acids is 1. The molecular formula is C47H48N8O11S2. The highest BCUT2D eigenvalue weighted by molar-refractivity contribution is 7.94. The summed E-state index contributed by atoms with van der Waals surface area (Å²) < 4.78 is 86.9. The summed E-state index contributed by atoms with van der Waals surface area (Å²) in [5.74, 6) is 0.124. The molecule has 4 heterocycles. The van der Waals surface area contributed by atoms with Gasteiger partial charge in [0, 0.05) is 44.1 Å². The Hall–Kier alpha value is -7.36. The van der Waals surface area contributed by atoms with Crippen LogP contribution in [0.4, 0.5) is 4.79 Å². The van der Waals surface area contributed by atoms with Crippen molar-refractivity contribution in [3.8, 4) is 39.8 Å². The zero-order chi connectivity index (χ0) is 48.5. The van der Waals surface area contributed by atoms with Crippen molar-refractivity contribution in [1.29, 1.82) is 0 Å². The smallest absolute Gasteiger partial charge is 0.410 e. The molecule has 354 valence electrons. The lowest BCUT2D eigenvalue weighted by Gasteiger charge is -2.39. The fraction of sp³-hybridized carbons (Fsp3) is 0.277. The topological polar surface area (TPSA) is 227 Å². The number of aromatic carboxylic acids is 1. The van der Waals surface area contributed by atoms with Gasteiger partial charge >= 0.3 is 12.1 Å². The molecule has 1 aliphatic heterocycles. The van der Waals surface area contributed by atoms with Gasteiger partial charge in [0.15, 0.2) is 15.5 Å². The Balaban J connectivity index is 1.38. The number of hydrogen-bond acceptors (Lipinski definition) is 14. The fourth-order valence-electron chi connectivity index (χ4n) is 7.63. The number of aromatic nitrogens is 6. The molecule has 0 unspecified atom stereocenters. The van der Waals surface area contributed by atoms with Crippen molar-refractivity contribution in [3.05, 3.63) is 132 Å². The normalized spacial score (nSPS) is 13.4. The van der Waals surface area contributed by atoms with Crippen molar-refractivity contribution in [1.82, 2.24) is 38.8 Å². The van der Waals surface area contributed by atoms with E-state index < -0.39 is 52.6 Å². The van der Waals surface area contributed by atoms with Gasteiger partial charge in [0.25, 0.3) is 0 Å². The molecule has 1 N–H and O–H groups in total.